The Hall–Kier alpha value is -0.270. The number of hydrogen-bond acceptors (Lipinski definition) is 5. The molecular formula is C12H25NO4S2. The quantitative estimate of drug-likeness (QED) is 0.561. The Labute approximate surface area is 120 Å². The van der Waals surface area contributed by atoms with Crippen LogP contribution in [0.25, 0.3) is 0 Å². The van der Waals surface area contributed by atoms with E-state index < -0.39 is 21.3 Å². The van der Waals surface area contributed by atoms with Gasteiger partial charge in [0.05, 0.1) is 5.75 Å². The van der Waals surface area contributed by atoms with Gasteiger partial charge in [0.25, 0.3) is 0 Å². The van der Waals surface area contributed by atoms with Crippen molar-refractivity contribution in [2.75, 3.05) is 30.1 Å². The molecule has 0 spiro atoms. The summed E-state index contributed by atoms with van der Waals surface area (Å²) < 4.78 is 21.9. The summed E-state index contributed by atoms with van der Waals surface area (Å²) in [5.41, 5.74) is -0.882. The zero-order valence-corrected chi connectivity index (χ0v) is 13.6. The molecule has 114 valence electrons. The average molecular weight is 311 g/mol. The van der Waals surface area contributed by atoms with E-state index in [0.29, 0.717) is 18.7 Å². The first-order valence-corrected chi connectivity index (χ1v) is 9.66. The van der Waals surface area contributed by atoms with E-state index in [-0.39, 0.29) is 5.75 Å². The maximum atomic E-state index is 11.2. The SMILES string of the molecule is CCCNC(C)(CCCSCCS(C)(=O)=O)C(=O)O. The topological polar surface area (TPSA) is 83.5 Å². The van der Waals surface area contributed by atoms with Crippen molar-refractivity contribution >= 4 is 27.6 Å². The zero-order chi connectivity index (χ0) is 14.9. The average Bonchev–Trinajstić information content (AvgIpc) is 2.29. The summed E-state index contributed by atoms with van der Waals surface area (Å²) in [7, 11) is -2.89. The molecule has 0 heterocycles. The van der Waals surface area contributed by atoms with Crippen LogP contribution in [0.1, 0.15) is 33.1 Å². The molecule has 0 aromatic rings. The molecule has 0 aliphatic carbocycles. The van der Waals surface area contributed by atoms with Crippen molar-refractivity contribution in [1.82, 2.24) is 5.32 Å². The highest BCUT2D eigenvalue weighted by Crippen LogP contribution is 2.16. The first-order valence-electron chi connectivity index (χ1n) is 6.45. The molecule has 5 nitrogen and oxygen atoms in total. The fraction of sp³-hybridized carbons (Fsp3) is 0.917. The van der Waals surface area contributed by atoms with E-state index in [4.69, 9.17) is 0 Å². The second-order valence-corrected chi connectivity index (χ2v) is 8.39. The van der Waals surface area contributed by atoms with Gasteiger partial charge in [-0.05, 0) is 38.5 Å². The third kappa shape index (κ3) is 9.29. The summed E-state index contributed by atoms with van der Waals surface area (Å²) >= 11 is 1.56. The van der Waals surface area contributed by atoms with Crippen LogP contribution in [0, 0.1) is 0 Å². The highest BCUT2D eigenvalue weighted by atomic mass is 32.2. The van der Waals surface area contributed by atoms with E-state index in [0.717, 1.165) is 18.6 Å². The van der Waals surface area contributed by atoms with E-state index >= 15 is 0 Å². The molecule has 19 heavy (non-hydrogen) atoms. The minimum Gasteiger partial charge on any atom is -0.480 e. The van der Waals surface area contributed by atoms with Gasteiger partial charge in [-0.1, -0.05) is 6.92 Å². The lowest BCUT2D eigenvalue weighted by Gasteiger charge is -2.26. The summed E-state index contributed by atoms with van der Waals surface area (Å²) in [5.74, 6) is 0.709. The molecular weight excluding hydrogens is 286 g/mol. The van der Waals surface area contributed by atoms with Crippen LogP contribution in [0.15, 0.2) is 0 Å². The number of aliphatic carboxylic acids is 1. The molecule has 0 rings (SSSR count). The molecule has 0 aromatic carbocycles. The Morgan fingerprint density at radius 2 is 2.00 bits per heavy atom. The van der Waals surface area contributed by atoms with Crippen molar-refractivity contribution in [1.29, 1.82) is 0 Å². The van der Waals surface area contributed by atoms with Crippen molar-refractivity contribution < 1.29 is 18.3 Å². The molecule has 1 atom stereocenters. The number of carboxylic acids is 1. The van der Waals surface area contributed by atoms with Crippen molar-refractivity contribution in [2.24, 2.45) is 0 Å². The molecule has 1 unspecified atom stereocenters. The zero-order valence-electron chi connectivity index (χ0n) is 11.9. The van der Waals surface area contributed by atoms with Crippen LogP contribution >= 0.6 is 11.8 Å². The molecule has 0 saturated carbocycles. The lowest BCUT2D eigenvalue weighted by molar-refractivity contribution is -0.144. The van der Waals surface area contributed by atoms with Gasteiger partial charge >= 0.3 is 5.97 Å². The number of hydrogen-bond donors (Lipinski definition) is 2. The minimum atomic E-state index is -2.89. The highest BCUT2D eigenvalue weighted by molar-refractivity contribution is 8.00. The molecule has 0 aromatic heterocycles. The number of carboxylic acid groups (broad SMARTS) is 1. The van der Waals surface area contributed by atoms with Gasteiger partial charge in [-0.3, -0.25) is 4.79 Å². The third-order valence-electron chi connectivity index (χ3n) is 2.80. The van der Waals surface area contributed by atoms with Crippen molar-refractivity contribution in [3.8, 4) is 0 Å². The van der Waals surface area contributed by atoms with Gasteiger partial charge in [-0.15, -0.1) is 0 Å². The van der Waals surface area contributed by atoms with Crippen LogP contribution in [0.2, 0.25) is 0 Å². The molecule has 0 radical (unpaired) electrons. The first-order chi connectivity index (χ1) is 8.71. The molecule has 2 N–H and O–H groups in total. The predicted octanol–water partition coefficient (Wildman–Crippen LogP) is 1.39. The number of rotatable bonds is 11. The minimum absolute atomic E-state index is 0.182. The number of nitrogens with one attached hydrogen (secondary N) is 1. The van der Waals surface area contributed by atoms with E-state index in [1.807, 2.05) is 6.92 Å². The molecule has 0 aliphatic rings. The molecule has 0 amide bonds. The van der Waals surface area contributed by atoms with Crippen LogP contribution in [-0.4, -0.2) is 55.1 Å². The predicted molar refractivity (Wildman–Crippen MR) is 80.6 cm³/mol. The van der Waals surface area contributed by atoms with Crippen LogP contribution in [0.5, 0.6) is 0 Å². The summed E-state index contributed by atoms with van der Waals surface area (Å²) in [4.78, 5) is 11.2. The maximum Gasteiger partial charge on any atom is 0.323 e. The van der Waals surface area contributed by atoms with E-state index in [9.17, 15) is 18.3 Å². The lowest BCUT2D eigenvalue weighted by atomic mass is 9.96. The standard InChI is InChI=1S/C12H25NO4S2/c1-4-7-13-12(2,11(14)15)6-5-8-18-9-10-19(3,16)17/h13H,4-10H2,1-3H3,(H,14,15). The van der Waals surface area contributed by atoms with Gasteiger partial charge in [0.1, 0.15) is 15.4 Å². The maximum absolute atomic E-state index is 11.2. The van der Waals surface area contributed by atoms with E-state index in [2.05, 4.69) is 5.32 Å². The van der Waals surface area contributed by atoms with Gasteiger partial charge in [0.15, 0.2) is 0 Å². The molecule has 0 saturated heterocycles. The monoisotopic (exact) mass is 311 g/mol. The van der Waals surface area contributed by atoms with Crippen LogP contribution in [0.4, 0.5) is 0 Å². The Morgan fingerprint density at radius 1 is 1.37 bits per heavy atom. The van der Waals surface area contributed by atoms with Gasteiger partial charge in [0, 0.05) is 12.0 Å². The number of carbonyl (C=O) groups is 1. The van der Waals surface area contributed by atoms with Crippen LogP contribution < -0.4 is 5.32 Å². The Balaban J connectivity index is 3.91. The van der Waals surface area contributed by atoms with Crippen molar-refractivity contribution in [2.45, 2.75) is 38.6 Å². The van der Waals surface area contributed by atoms with Crippen molar-refractivity contribution in [3.63, 3.8) is 0 Å². The Bertz CT molecular complexity index is 370. The largest absolute Gasteiger partial charge is 0.480 e. The van der Waals surface area contributed by atoms with Gasteiger partial charge in [0.2, 0.25) is 0 Å². The van der Waals surface area contributed by atoms with Gasteiger partial charge < -0.3 is 10.4 Å². The van der Waals surface area contributed by atoms with Crippen LogP contribution in [-0.2, 0) is 14.6 Å². The Morgan fingerprint density at radius 3 is 2.47 bits per heavy atom. The fourth-order valence-corrected chi connectivity index (χ4v) is 3.75. The molecule has 0 bridgehead atoms. The molecule has 0 fully saturated rings. The lowest BCUT2D eigenvalue weighted by Crippen LogP contribution is -2.49. The normalized spacial score (nSPS) is 15.1. The van der Waals surface area contributed by atoms with Crippen molar-refractivity contribution in [3.05, 3.63) is 0 Å². The number of thioether (sulfide) groups is 1. The first kappa shape index (κ1) is 18.7. The second kappa shape index (κ2) is 8.81. The van der Waals surface area contributed by atoms with Gasteiger partial charge in [-0.25, -0.2) is 8.42 Å². The summed E-state index contributed by atoms with van der Waals surface area (Å²) in [5, 5.41) is 12.3. The summed E-state index contributed by atoms with van der Waals surface area (Å²) in [6.07, 6.45) is 3.43. The van der Waals surface area contributed by atoms with Gasteiger partial charge in [-0.2, -0.15) is 11.8 Å². The smallest absolute Gasteiger partial charge is 0.323 e. The fourth-order valence-electron chi connectivity index (χ4n) is 1.51. The highest BCUT2D eigenvalue weighted by Gasteiger charge is 2.31. The second-order valence-electron chi connectivity index (χ2n) is 4.91. The van der Waals surface area contributed by atoms with E-state index in [1.165, 1.54) is 6.26 Å². The summed E-state index contributed by atoms with van der Waals surface area (Å²) in [6, 6.07) is 0. The van der Waals surface area contributed by atoms with Crippen LogP contribution in [0.3, 0.4) is 0 Å². The molecule has 0 aliphatic heterocycles. The molecule has 7 heteroatoms. The third-order valence-corrected chi connectivity index (χ3v) is 5.08. The number of sulfone groups is 1. The van der Waals surface area contributed by atoms with E-state index in [1.54, 1.807) is 18.7 Å². The summed E-state index contributed by atoms with van der Waals surface area (Å²) in [6.45, 7) is 4.38. The Kier molecular flexibility index (Phi) is 8.69.